The van der Waals surface area contributed by atoms with E-state index in [4.69, 9.17) is 9.97 Å². The Labute approximate surface area is 258 Å². The summed E-state index contributed by atoms with van der Waals surface area (Å²) >= 11 is 0. The van der Waals surface area contributed by atoms with Crippen LogP contribution in [-0.4, -0.2) is 9.97 Å². The fourth-order valence-electron chi connectivity index (χ4n) is 7.44. The molecule has 2 aliphatic carbocycles. The van der Waals surface area contributed by atoms with Gasteiger partial charge in [-0.15, -0.1) is 0 Å². The van der Waals surface area contributed by atoms with Crippen LogP contribution in [0.5, 0.6) is 0 Å². The molecule has 1 spiro atoms. The molecule has 0 aliphatic heterocycles. The Balaban J connectivity index is 1.30. The second kappa shape index (κ2) is 10.7. The molecule has 210 valence electrons. The maximum absolute atomic E-state index is 9.73. The number of rotatable bonds is 4. The van der Waals surface area contributed by atoms with Gasteiger partial charge in [0.2, 0.25) is 0 Å². The summed E-state index contributed by atoms with van der Waals surface area (Å²) < 4.78 is 0. The topological polar surface area (TPSA) is 49.6 Å². The molecule has 44 heavy (non-hydrogen) atoms. The van der Waals surface area contributed by atoms with Gasteiger partial charge < -0.3 is 0 Å². The zero-order chi connectivity index (χ0) is 29.5. The highest BCUT2D eigenvalue weighted by molar-refractivity contribution is 5.88. The summed E-state index contributed by atoms with van der Waals surface area (Å²) in [6.45, 7) is 0. The van der Waals surface area contributed by atoms with Crippen molar-refractivity contribution in [3.63, 3.8) is 0 Å². The van der Waals surface area contributed by atoms with Crippen LogP contribution in [0.2, 0.25) is 0 Å². The number of hydrogen-bond acceptors (Lipinski definition) is 3. The molecule has 1 heterocycles. The van der Waals surface area contributed by atoms with Gasteiger partial charge in [-0.2, -0.15) is 5.26 Å². The van der Waals surface area contributed by atoms with Crippen molar-refractivity contribution in [1.82, 2.24) is 9.97 Å². The van der Waals surface area contributed by atoms with Gasteiger partial charge in [-0.3, -0.25) is 0 Å². The van der Waals surface area contributed by atoms with E-state index >= 15 is 0 Å². The Morgan fingerprint density at radius 3 is 1.84 bits per heavy atom. The number of hydrogen-bond donors (Lipinski definition) is 0. The van der Waals surface area contributed by atoms with E-state index in [0.717, 1.165) is 57.9 Å². The normalized spacial score (nSPS) is 14.5. The van der Waals surface area contributed by atoms with Gasteiger partial charge in [0.05, 0.1) is 23.0 Å². The SMILES string of the molecule is N#Cc1ccc2c(c1)C1(CCCCC1)c1cc(-c3ccccc3-c3cc(-c4ccccc4)nc(-c4ccccc4)n3)ccc1-2. The molecule has 0 N–H and O–H groups in total. The molecule has 2 aliphatic rings. The van der Waals surface area contributed by atoms with Crippen molar-refractivity contribution in [2.24, 2.45) is 0 Å². The first-order valence-electron chi connectivity index (χ1n) is 15.5. The molecule has 5 aromatic carbocycles. The first-order valence-corrected chi connectivity index (χ1v) is 15.5. The van der Waals surface area contributed by atoms with Crippen molar-refractivity contribution >= 4 is 0 Å². The summed E-state index contributed by atoms with van der Waals surface area (Å²) in [4.78, 5) is 10.2. The molecule has 0 atom stereocenters. The number of nitriles is 1. The minimum Gasteiger partial charge on any atom is -0.228 e. The van der Waals surface area contributed by atoms with E-state index in [0.29, 0.717) is 0 Å². The molecule has 0 amide bonds. The monoisotopic (exact) mass is 565 g/mol. The van der Waals surface area contributed by atoms with Gasteiger partial charge in [-0.05, 0) is 70.5 Å². The van der Waals surface area contributed by atoms with Crippen LogP contribution >= 0.6 is 0 Å². The molecule has 0 unspecified atom stereocenters. The Morgan fingerprint density at radius 1 is 0.500 bits per heavy atom. The van der Waals surface area contributed by atoms with Crippen LogP contribution < -0.4 is 0 Å². The highest BCUT2D eigenvalue weighted by atomic mass is 14.9. The zero-order valence-corrected chi connectivity index (χ0v) is 24.5. The largest absolute Gasteiger partial charge is 0.228 e. The maximum Gasteiger partial charge on any atom is 0.160 e. The predicted molar refractivity (Wildman–Crippen MR) is 178 cm³/mol. The highest BCUT2D eigenvalue weighted by Crippen LogP contribution is 2.56. The molecular weight excluding hydrogens is 534 g/mol. The van der Waals surface area contributed by atoms with Crippen LogP contribution in [0.1, 0.15) is 48.8 Å². The van der Waals surface area contributed by atoms with Crippen LogP contribution in [0.25, 0.3) is 56.2 Å². The van der Waals surface area contributed by atoms with Crippen molar-refractivity contribution in [2.75, 3.05) is 0 Å². The first kappa shape index (κ1) is 26.3. The molecule has 0 saturated heterocycles. The van der Waals surface area contributed by atoms with E-state index in [1.54, 1.807) is 0 Å². The third-order valence-electron chi connectivity index (χ3n) is 9.54. The van der Waals surface area contributed by atoms with E-state index in [-0.39, 0.29) is 5.41 Å². The summed E-state index contributed by atoms with van der Waals surface area (Å²) in [5, 5.41) is 9.73. The predicted octanol–water partition coefficient (Wildman–Crippen LogP) is 10.2. The lowest BCUT2D eigenvalue weighted by Gasteiger charge is -2.36. The van der Waals surface area contributed by atoms with Gasteiger partial charge >= 0.3 is 0 Å². The number of nitrogens with zero attached hydrogens (tertiary/aromatic N) is 3. The first-order chi connectivity index (χ1) is 21.7. The average molecular weight is 566 g/mol. The standard InChI is InChI=1S/C41H31N3/c42-27-28-18-20-33-34-21-19-31(25-37(34)41(36(33)24-28)22-10-3-11-23-41)32-16-8-9-17-35(32)39-26-38(29-12-4-1-5-13-29)43-40(44-39)30-14-6-2-7-15-30/h1-2,4-9,12-21,24-26H,3,10-11,22-23H2. The van der Waals surface area contributed by atoms with E-state index in [1.165, 1.54) is 47.1 Å². The fourth-order valence-corrected chi connectivity index (χ4v) is 7.44. The van der Waals surface area contributed by atoms with Crippen molar-refractivity contribution in [3.8, 4) is 62.2 Å². The van der Waals surface area contributed by atoms with E-state index in [2.05, 4.69) is 103 Å². The van der Waals surface area contributed by atoms with Crippen LogP contribution in [0, 0.1) is 11.3 Å². The molecule has 0 radical (unpaired) electrons. The van der Waals surface area contributed by atoms with Crippen LogP contribution in [0.4, 0.5) is 0 Å². The second-order valence-corrected chi connectivity index (χ2v) is 12.0. The lowest BCUT2D eigenvalue weighted by atomic mass is 9.67. The molecule has 6 aromatic rings. The highest BCUT2D eigenvalue weighted by Gasteiger charge is 2.44. The van der Waals surface area contributed by atoms with Gasteiger partial charge in [0.15, 0.2) is 5.82 Å². The smallest absolute Gasteiger partial charge is 0.160 e. The third kappa shape index (κ3) is 4.34. The second-order valence-electron chi connectivity index (χ2n) is 12.0. The fraction of sp³-hybridized carbons (Fsp3) is 0.146. The van der Waals surface area contributed by atoms with Gasteiger partial charge in [-0.25, -0.2) is 9.97 Å². The van der Waals surface area contributed by atoms with Crippen LogP contribution in [-0.2, 0) is 5.41 Å². The van der Waals surface area contributed by atoms with Gasteiger partial charge in [0, 0.05) is 22.1 Å². The van der Waals surface area contributed by atoms with E-state index < -0.39 is 0 Å². The minimum absolute atomic E-state index is 0.0311. The van der Waals surface area contributed by atoms with Crippen molar-refractivity contribution < 1.29 is 0 Å². The summed E-state index contributed by atoms with van der Waals surface area (Å²) in [6.07, 6.45) is 5.94. The lowest BCUT2D eigenvalue weighted by Crippen LogP contribution is -2.28. The van der Waals surface area contributed by atoms with Crippen molar-refractivity contribution in [2.45, 2.75) is 37.5 Å². The minimum atomic E-state index is -0.0311. The Hall–Kier alpha value is -5.33. The molecule has 1 saturated carbocycles. The number of fused-ring (bicyclic) bond motifs is 5. The molecule has 1 aromatic heterocycles. The van der Waals surface area contributed by atoms with Crippen molar-refractivity contribution in [3.05, 3.63) is 144 Å². The van der Waals surface area contributed by atoms with E-state index in [9.17, 15) is 5.26 Å². The van der Waals surface area contributed by atoms with Crippen LogP contribution in [0.15, 0.2) is 127 Å². The molecule has 3 heteroatoms. The van der Waals surface area contributed by atoms with E-state index in [1.807, 2.05) is 30.3 Å². The molecule has 8 rings (SSSR count). The quantitative estimate of drug-likeness (QED) is 0.214. The Morgan fingerprint density at radius 2 is 1.11 bits per heavy atom. The molecule has 3 nitrogen and oxygen atoms in total. The van der Waals surface area contributed by atoms with Crippen LogP contribution in [0.3, 0.4) is 0 Å². The summed E-state index contributed by atoms with van der Waals surface area (Å²) in [6, 6.07) is 47.0. The van der Waals surface area contributed by atoms with Crippen molar-refractivity contribution in [1.29, 1.82) is 5.26 Å². The van der Waals surface area contributed by atoms with Gasteiger partial charge in [0.1, 0.15) is 0 Å². The molecule has 0 bridgehead atoms. The third-order valence-corrected chi connectivity index (χ3v) is 9.54. The lowest BCUT2D eigenvalue weighted by molar-refractivity contribution is 0.353. The summed E-state index contributed by atoms with van der Waals surface area (Å²) in [5.74, 6) is 0.718. The zero-order valence-electron chi connectivity index (χ0n) is 24.5. The summed E-state index contributed by atoms with van der Waals surface area (Å²) in [7, 11) is 0. The van der Waals surface area contributed by atoms with Gasteiger partial charge in [0.25, 0.3) is 0 Å². The molecular formula is C41H31N3. The Kier molecular flexibility index (Phi) is 6.42. The maximum atomic E-state index is 9.73. The summed E-state index contributed by atoms with van der Waals surface area (Å²) in [5.41, 5.74) is 13.4. The molecule has 1 fully saturated rings. The number of aromatic nitrogens is 2. The van der Waals surface area contributed by atoms with Gasteiger partial charge in [-0.1, -0.05) is 122 Å². The Bertz CT molecular complexity index is 1990. The average Bonchev–Trinajstić information content (AvgIpc) is 3.36. The number of benzene rings is 5.